The van der Waals surface area contributed by atoms with Crippen LogP contribution in [0.2, 0.25) is 0 Å². The topological polar surface area (TPSA) is 193 Å². The van der Waals surface area contributed by atoms with E-state index in [4.69, 9.17) is 11.5 Å². The van der Waals surface area contributed by atoms with Crippen molar-refractivity contribution >= 4 is 56.1 Å². The summed E-state index contributed by atoms with van der Waals surface area (Å²) in [5.74, 6) is -1.60. The van der Waals surface area contributed by atoms with Crippen LogP contribution in [0.4, 0.5) is 5.13 Å². The molecule has 0 radical (unpaired) electrons. The molecule has 1 fully saturated rings. The fourth-order valence-electron chi connectivity index (χ4n) is 2.06. The van der Waals surface area contributed by atoms with Gasteiger partial charge in [-0.05, 0) is 0 Å². The van der Waals surface area contributed by atoms with E-state index in [0.717, 1.165) is 23.1 Å². The van der Waals surface area contributed by atoms with Crippen LogP contribution >= 0.6 is 23.1 Å². The van der Waals surface area contributed by atoms with Gasteiger partial charge >= 0.3 is 0 Å². The summed E-state index contributed by atoms with van der Waals surface area (Å²) in [6, 6.07) is -1.24. The molecule has 26 heavy (non-hydrogen) atoms. The molecule has 1 aliphatic heterocycles. The van der Waals surface area contributed by atoms with Gasteiger partial charge in [-0.25, -0.2) is 17.7 Å². The fraction of sp³-hybridized carbons (Fsp3) is 0.455. The Kier molecular flexibility index (Phi) is 6.40. The highest BCUT2D eigenvalue weighted by molar-refractivity contribution is 8.00. The van der Waals surface area contributed by atoms with Crippen LogP contribution in [0, 0.1) is 0 Å². The first kappa shape index (κ1) is 20.4. The predicted octanol–water partition coefficient (Wildman–Crippen LogP) is -2.12. The molecule has 0 bridgehead atoms. The molecule has 1 aromatic heterocycles. The smallest absolute Gasteiger partial charge is 0.276 e. The van der Waals surface area contributed by atoms with Crippen LogP contribution in [0.1, 0.15) is 5.69 Å². The third kappa shape index (κ3) is 4.24. The number of carbonyl (C=O) groups excluding carboxylic acids is 2. The molecule has 0 aromatic carbocycles. The molecule has 2 rings (SSSR count). The van der Waals surface area contributed by atoms with E-state index in [1.165, 1.54) is 12.5 Å². The zero-order chi connectivity index (χ0) is 19.5. The molecule has 1 aliphatic rings. The van der Waals surface area contributed by atoms with Crippen molar-refractivity contribution in [3.05, 3.63) is 11.1 Å². The molecule has 5 N–H and O–H groups in total. The van der Waals surface area contributed by atoms with Crippen LogP contribution in [-0.4, -0.2) is 70.6 Å². The van der Waals surface area contributed by atoms with Gasteiger partial charge in [-0.2, -0.15) is 0 Å². The Balaban J connectivity index is 2.20. The molecule has 12 nitrogen and oxygen atoms in total. The monoisotopic (exact) mass is 423 g/mol. The van der Waals surface area contributed by atoms with Gasteiger partial charge in [0, 0.05) is 17.7 Å². The average Bonchev–Trinajstić information content (AvgIpc) is 2.98. The lowest BCUT2D eigenvalue weighted by Crippen LogP contribution is -2.71. The minimum atomic E-state index is -5.00. The van der Waals surface area contributed by atoms with E-state index in [1.54, 1.807) is 0 Å². The highest BCUT2D eigenvalue weighted by Gasteiger charge is 2.52. The van der Waals surface area contributed by atoms with E-state index in [2.05, 4.69) is 20.3 Å². The molecular formula is C11H15N6O6S3-. The van der Waals surface area contributed by atoms with Crippen molar-refractivity contribution in [2.75, 3.05) is 25.1 Å². The number of nitrogens with one attached hydrogen (secondary N) is 1. The Labute approximate surface area is 156 Å². The van der Waals surface area contributed by atoms with Crippen LogP contribution in [0.15, 0.2) is 10.5 Å². The van der Waals surface area contributed by atoms with E-state index in [1.807, 2.05) is 0 Å². The number of nitrogens with two attached hydrogens (primary N) is 2. The maximum absolute atomic E-state index is 12.4. The molecule has 15 heteroatoms. The van der Waals surface area contributed by atoms with Crippen molar-refractivity contribution in [1.29, 1.82) is 0 Å². The third-order valence-corrected chi connectivity index (χ3v) is 6.09. The molecule has 2 heterocycles. The summed E-state index contributed by atoms with van der Waals surface area (Å²) in [6.45, 7) is 0.192. The Morgan fingerprint density at radius 1 is 1.62 bits per heavy atom. The summed E-state index contributed by atoms with van der Waals surface area (Å²) >= 11 is 2.03. The summed E-state index contributed by atoms with van der Waals surface area (Å²) in [7, 11) is -3.79. The van der Waals surface area contributed by atoms with E-state index < -0.39 is 33.5 Å². The van der Waals surface area contributed by atoms with Gasteiger partial charge in [-0.1, -0.05) is 5.16 Å². The number of thiazole rings is 1. The van der Waals surface area contributed by atoms with Crippen LogP contribution in [0.25, 0.3) is 0 Å². The number of amides is 2. The van der Waals surface area contributed by atoms with Gasteiger partial charge in [0.1, 0.15) is 24.2 Å². The number of nitrogens with zero attached hydrogens (tertiary/aromatic N) is 3. The van der Waals surface area contributed by atoms with Crippen molar-refractivity contribution in [3.8, 4) is 0 Å². The Hall–Kier alpha value is -1.94. The second-order valence-electron chi connectivity index (χ2n) is 4.79. The zero-order valence-electron chi connectivity index (χ0n) is 13.3. The lowest BCUT2D eigenvalue weighted by atomic mass is 10.1. The van der Waals surface area contributed by atoms with Crippen molar-refractivity contribution in [2.45, 2.75) is 11.4 Å². The third-order valence-electron chi connectivity index (χ3n) is 3.10. The number of nitrogen functional groups attached to an aromatic ring is 1. The Bertz CT molecular complexity index is 824. The maximum atomic E-state index is 12.4. The van der Waals surface area contributed by atoms with Gasteiger partial charge in [0.15, 0.2) is 21.1 Å². The van der Waals surface area contributed by atoms with Crippen molar-refractivity contribution in [1.82, 2.24) is 14.6 Å². The molecule has 144 valence electrons. The molecule has 2 atom stereocenters. The number of oxime groups is 1. The number of hydrogen-bond acceptors (Lipinski definition) is 12. The molecule has 0 aliphatic carbocycles. The van der Waals surface area contributed by atoms with E-state index >= 15 is 0 Å². The Morgan fingerprint density at radius 2 is 2.31 bits per heavy atom. The van der Waals surface area contributed by atoms with E-state index in [-0.39, 0.29) is 33.1 Å². The zero-order valence-corrected chi connectivity index (χ0v) is 15.8. The van der Waals surface area contributed by atoms with Crippen LogP contribution in [0.3, 0.4) is 0 Å². The van der Waals surface area contributed by atoms with Crippen LogP contribution in [-0.2, 0) is 24.7 Å². The number of rotatable bonds is 8. The first-order valence-electron chi connectivity index (χ1n) is 6.94. The summed E-state index contributed by atoms with van der Waals surface area (Å²) in [5.41, 5.74) is 10.8. The standard InChI is InChI=1S/C11H16N6O6S3/c1-23-16-6(5-4-25-11(13)14-5)8(18)15-7-9(19)17(26(20,21)22)10(7)24-3-2-12/h4,7,10H,2-3,12H2,1H3,(H2,13,14)(H,15,18)(H,20,21,22)/p-1/b16-6-. The van der Waals surface area contributed by atoms with Gasteiger partial charge < -0.3 is 26.2 Å². The van der Waals surface area contributed by atoms with Crippen molar-refractivity contribution in [3.63, 3.8) is 0 Å². The SMILES string of the molecule is CO/N=C(\C(=O)NC1C(=O)N(S(=O)(=O)[O-])C1SCCN)c1csc(N)n1. The quantitative estimate of drug-likeness (QED) is 0.180. The number of β-lactam (4-membered cyclic amide) rings is 1. The van der Waals surface area contributed by atoms with Gasteiger partial charge in [0.2, 0.25) is 0 Å². The average molecular weight is 423 g/mol. The van der Waals surface area contributed by atoms with E-state index in [9.17, 15) is 22.6 Å². The first-order valence-corrected chi connectivity index (χ1v) is 10.2. The highest BCUT2D eigenvalue weighted by atomic mass is 32.2. The lowest BCUT2D eigenvalue weighted by Gasteiger charge is -2.46. The maximum Gasteiger partial charge on any atom is 0.276 e. The normalized spacial score (nSPS) is 20.7. The molecule has 0 saturated carbocycles. The number of anilines is 1. The predicted molar refractivity (Wildman–Crippen MR) is 93.8 cm³/mol. The molecule has 1 saturated heterocycles. The fourth-order valence-corrected chi connectivity index (χ4v) is 4.81. The highest BCUT2D eigenvalue weighted by Crippen LogP contribution is 2.32. The van der Waals surface area contributed by atoms with Gasteiger partial charge in [-0.3, -0.25) is 9.59 Å². The molecule has 2 unspecified atom stereocenters. The molecule has 2 amide bonds. The van der Waals surface area contributed by atoms with Gasteiger partial charge in [0.05, 0.1) is 0 Å². The number of hydrogen-bond donors (Lipinski definition) is 3. The minimum absolute atomic E-state index is 0.123. The van der Waals surface area contributed by atoms with Crippen molar-refractivity contribution < 1.29 is 27.4 Å². The Morgan fingerprint density at radius 3 is 2.81 bits per heavy atom. The minimum Gasteiger partial charge on any atom is -0.731 e. The summed E-state index contributed by atoms with van der Waals surface area (Å²) in [5, 5.41) is 6.46. The second-order valence-corrected chi connectivity index (χ2v) is 8.15. The first-order chi connectivity index (χ1) is 12.2. The van der Waals surface area contributed by atoms with Crippen molar-refractivity contribution in [2.24, 2.45) is 10.9 Å². The van der Waals surface area contributed by atoms with Gasteiger partial charge in [0.25, 0.3) is 11.8 Å². The number of thioether (sulfide) groups is 1. The summed E-state index contributed by atoms with van der Waals surface area (Å²) in [4.78, 5) is 33.0. The molecule has 0 spiro atoms. The molecular weight excluding hydrogens is 408 g/mol. The van der Waals surface area contributed by atoms with Crippen LogP contribution in [0.5, 0.6) is 0 Å². The van der Waals surface area contributed by atoms with Crippen LogP contribution < -0.4 is 16.8 Å². The largest absolute Gasteiger partial charge is 0.731 e. The second kappa shape index (κ2) is 8.17. The number of carbonyl (C=O) groups is 2. The van der Waals surface area contributed by atoms with E-state index in [0.29, 0.717) is 0 Å². The summed E-state index contributed by atoms with van der Waals surface area (Å²) in [6.07, 6.45) is 0. The lowest BCUT2D eigenvalue weighted by molar-refractivity contribution is -0.141. The number of aromatic nitrogens is 1. The summed E-state index contributed by atoms with van der Waals surface area (Å²) < 4.78 is 33.8. The molecule has 1 aromatic rings. The van der Waals surface area contributed by atoms with Gasteiger partial charge in [-0.15, -0.1) is 23.1 Å².